The molecule has 0 radical (unpaired) electrons. The predicted octanol–water partition coefficient (Wildman–Crippen LogP) is 6.10. The zero-order valence-electron chi connectivity index (χ0n) is 20.8. The molecule has 4 nitrogen and oxygen atoms in total. The summed E-state index contributed by atoms with van der Waals surface area (Å²) in [7, 11) is 1.74. The molecule has 2 atom stereocenters. The molecule has 0 spiro atoms. The molecule has 1 saturated carbocycles. The summed E-state index contributed by atoms with van der Waals surface area (Å²) in [6.45, 7) is 10.2. The van der Waals surface area contributed by atoms with E-state index in [2.05, 4.69) is 60.9 Å². The van der Waals surface area contributed by atoms with Crippen molar-refractivity contribution in [3.8, 4) is 5.75 Å². The lowest BCUT2D eigenvalue weighted by Crippen LogP contribution is -2.47. The van der Waals surface area contributed by atoms with Crippen LogP contribution in [-0.2, 0) is 11.3 Å². The molecule has 33 heavy (non-hydrogen) atoms. The molecule has 2 unspecified atom stereocenters. The fourth-order valence-corrected chi connectivity index (χ4v) is 6.64. The Labute approximate surface area is 203 Å². The lowest BCUT2D eigenvalue weighted by molar-refractivity contribution is -0.138. The van der Waals surface area contributed by atoms with Gasteiger partial charge in [0.05, 0.1) is 7.11 Å². The predicted molar refractivity (Wildman–Crippen MR) is 137 cm³/mol. The summed E-state index contributed by atoms with van der Waals surface area (Å²) in [5.41, 5.74) is 1.34. The molecule has 1 saturated heterocycles. The lowest BCUT2D eigenvalue weighted by atomic mass is 9.86. The van der Waals surface area contributed by atoms with Gasteiger partial charge in [-0.1, -0.05) is 45.2 Å². The molecule has 1 aliphatic carbocycles. The van der Waals surface area contributed by atoms with Gasteiger partial charge in [-0.05, 0) is 55.5 Å². The van der Waals surface area contributed by atoms with E-state index in [1.807, 2.05) is 17.4 Å². The molecule has 2 aromatic rings. The second-order valence-corrected chi connectivity index (χ2v) is 11.7. The molecule has 1 aromatic carbocycles. The number of carbonyl (C=O) groups is 1. The molecular weight excluding hydrogens is 428 g/mol. The van der Waals surface area contributed by atoms with Crippen LogP contribution >= 0.6 is 11.3 Å². The van der Waals surface area contributed by atoms with Crippen molar-refractivity contribution in [2.75, 3.05) is 26.7 Å². The van der Waals surface area contributed by atoms with Gasteiger partial charge in [-0.15, -0.1) is 11.3 Å². The summed E-state index contributed by atoms with van der Waals surface area (Å²) >= 11 is 1.90. The number of benzene rings is 1. The van der Waals surface area contributed by atoms with Crippen molar-refractivity contribution in [2.45, 2.75) is 71.4 Å². The van der Waals surface area contributed by atoms with Crippen molar-refractivity contribution in [3.05, 3.63) is 51.7 Å². The van der Waals surface area contributed by atoms with Crippen LogP contribution in [0.25, 0.3) is 0 Å². The number of aryl methyl sites for hydroxylation is 1. The van der Waals surface area contributed by atoms with E-state index in [4.69, 9.17) is 4.74 Å². The smallest absolute Gasteiger partial charge is 0.225 e. The van der Waals surface area contributed by atoms with Gasteiger partial charge < -0.3 is 9.64 Å². The number of rotatable bonds is 8. The summed E-state index contributed by atoms with van der Waals surface area (Å²) in [5, 5.41) is 0. The van der Waals surface area contributed by atoms with Crippen LogP contribution in [0.1, 0.15) is 67.2 Å². The monoisotopic (exact) mass is 468 g/mol. The molecule has 2 aliphatic rings. The van der Waals surface area contributed by atoms with Gasteiger partial charge in [0.2, 0.25) is 5.91 Å². The quantitative estimate of drug-likeness (QED) is 0.469. The first-order chi connectivity index (χ1) is 15.9. The fourth-order valence-electron chi connectivity index (χ4n) is 5.71. The Kier molecular flexibility index (Phi) is 8.13. The topological polar surface area (TPSA) is 32.8 Å². The van der Waals surface area contributed by atoms with Crippen LogP contribution in [0.4, 0.5) is 0 Å². The largest absolute Gasteiger partial charge is 0.497 e. The molecule has 2 fully saturated rings. The summed E-state index contributed by atoms with van der Waals surface area (Å²) in [6.07, 6.45) is 6.13. The molecule has 1 amide bonds. The lowest BCUT2D eigenvalue weighted by Gasteiger charge is -2.38. The Morgan fingerprint density at radius 1 is 1.15 bits per heavy atom. The van der Waals surface area contributed by atoms with Crippen LogP contribution < -0.4 is 4.74 Å². The van der Waals surface area contributed by atoms with E-state index in [1.54, 1.807) is 7.11 Å². The zero-order valence-corrected chi connectivity index (χ0v) is 21.6. The number of nitrogens with zero attached hydrogens (tertiary/aromatic N) is 2. The third-order valence-electron chi connectivity index (χ3n) is 7.44. The van der Waals surface area contributed by atoms with Crippen molar-refractivity contribution >= 4 is 17.2 Å². The number of amides is 1. The molecule has 5 heteroatoms. The Balaban J connectivity index is 1.58. The zero-order chi connectivity index (χ0) is 23.4. The average molecular weight is 469 g/mol. The average Bonchev–Trinajstić information content (AvgIpc) is 3.43. The van der Waals surface area contributed by atoms with Gasteiger partial charge in [0, 0.05) is 53.8 Å². The molecule has 0 N–H and O–H groups in total. The number of ether oxygens (including phenoxy) is 1. The van der Waals surface area contributed by atoms with E-state index in [1.165, 1.54) is 34.6 Å². The van der Waals surface area contributed by atoms with Crippen molar-refractivity contribution in [3.63, 3.8) is 0 Å². The highest BCUT2D eigenvalue weighted by Gasteiger charge is 2.38. The maximum absolute atomic E-state index is 13.3. The highest BCUT2D eigenvalue weighted by atomic mass is 32.1. The van der Waals surface area contributed by atoms with Gasteiger partial charge in [0.15, 0.2) is 0 Å². The van der Waals surface area contributed by atoms with Crippen LogP contribution in [0.3, 0.4) is 0 Å². The van der Waals surface area contributed by atoms with Crippen LogP contribution in [0.2, 0.25) is 0 Å². The maximum atomic E-state index is 13.3. The number of hydrogen-bond donors (Lipinski definition) is 0. The van der Waals surface area contributed by atoms with Crippen molar-refractivity contribution in [1.29, 1.82) is 0 Å². The van der Waals surface area contributed by atoms with E-state index < -0.39 is 0 Å². The third kappa shape index (κ3) is 5.99. The molecule has 1 aliphatic heterocycles. The Bertz CT molecular complexity index is 918. The molecule has 4 rings (SSSR count). The van der Waals surface area contributed by atoms with Gasteiger partial charge in [0.1, 0.15) is 5.75 Å². The van der Waals surface area contributed by atoms with Gasteiger partial charge >= 0.3 is 0 Å². The van der Waals surface area contributed by atoms with Gasteiger partial charge in [-0.2, -0.15) is 0 Å². The van der Waals surface area contributed by atoms with E-state index >= 15 is 0 Å². The highest BCUT2D eigenvalue weighted by molar-refractivity contribution is 7.11. The van der Waals surface area contributed by atoms with E-state index in [9.17, 15) is 4.79 Å². The van der Waals surface area contributed by atoms with Crippen LogP contribution in [0.5, 0.6) is 5.75 Å². The fraction of sp³-hybridized carbons (Fsp3) is 0.607. The van der Waals surface area contributed by atoms with Gasteiger partial charge in [0.25, 0.3) is 0 Å². The molecule has 180 valence electrons. The van der Waals surface area contributed by atoms with Gasteiger partial charge in [-0.25, -0.2) is 0 Å². The number of hydrogen-bond acceptors (Lipinski definition) is 4. The maximum Gasteiger partial charge on any atom is 0.225 e. The minimum atomic E-state index is 0.0498. The van der Waals surface area contributed by atoms with E-state index in [0.29, 0.717) is 23.8 Å². The first-order valence-corrected chi connectivity index (χ1v) is 13.5. The Hall–Kier alpha value is -1.85. The SMILES string of the molecule is COc1cccc(C2CN(Cc3ccc(C)s3)CC2CN(C(=O)C(C)C)C2CCCCC2)c1. The number of thiophene rings is 1. The summed E-state index contributed by atoms with van der Waals surface area (Å²) in [4.78, 5) is 21.0. The number of methoxy groups -OCH3 is 1. The highest BCUT2D eigenvalue weighted by Crippen LogP contribution is 2.37. The van der Waals surface area contributed by atoms with Crippen molar-refractivity contribution in [1.82, 2.24) is 9.80 Å². The van der Waals surface area contributed by atoms with Crippen LogP contribution in [0.15, 0.2) is 36.4 Å². The first kappa shape index (κ1) is 24.3. The number of likely N-dealkylation sites (tertiary alicyclic amines) is 1. The minimum absolute atomic E-state index is 0.0498. The molecule has 0 bridgehead atoms. The summed E-state index contributed by atoms with van der Waals surface area (Å²) in [5.74, 6) is 2.14. The van der Waals surface area contributed by atoms with Crippen LogP contribution in [0, 0.1) is 18.8 Å². The minimum Gasteiger partial charge on any atom is -0.497 e. The first-order valence-electron chi connectivity index (χ1n) is 12.7. The van der Waals surface area contributed by atoms with E-state index in [0.717, 1.165) is 44.8 Å². The Morgan fingerprint density at radius 3 is 2.61 bits per heavy atom. The van der Waals surface area contributed by atoms with Gasteiger partial charge in [-0.3, -0.25) is 9.69 Å². The van der Waals surface area contributed by atoms with Crippen LogP contribution in [-0.4, -0.2) is 48.5 Å². The second kappa shape index (κ2) is 11.1. The Morgan fingerprint density at radius 2 is 1.94 bits per heavy atom. The van der Waals surface area contributed by atoms with E-state index in [-0.39, 0.29) is 5.92 Å². The third-order valence-corrected chi connectivity index (χ3v) is 8.42. The summed E-state index contributed by atoms with van der Waals surface area (Å²) in [6, 6.07) is 13.5. The normalized spacial score (nSPS) is 22.1. The number of carbonyl (C=O) groups excluding carboxylic acids is 1. The molecule has 1 aromatic heterocycles. The standard InChI is InChI=1S/C28H40N2O2S/c1-20(2)28(31)30(24-10-6-5-7-11-24)17-23-16-29(18-26-14-13-21(3)33-26)19-27(23)22-9-8-12-25(15-22)32-4/h8-9,12-15,20,23-24,27H,5-7,10-11,16-19H2,1-4H3. The molecule has 2 heterocycles. The van der Waals surface area contributed by atoms with Crippen molar-refractivity contribution in [2.24, 2.45) is 11.8 Å². The summed E-state index contributed by atoms with van der Waals surface area (Å²) < 4.78 is 5.54. The van der Waals surface area contributed by atoms with Crippen molar-refractivity contribution < 1.29 is 9.53 Å². The second-order valence-electron chi connectivity index (χ2n) is 10.3. The molecular formula is C28H40N2O2S.